The normalized spacial score (nSPS) is 10.8. The Morgan fingerprint density at radius 3 is 1.77 bits per heavy atom. The molecule has 0 aliphatic heterocycles. The van der Waals surface area contributed by atoms with Crippen LogP contribution in [-0.2, 0) is 9.59 Å². The summed E-state index contributed by atoms with van der Waals surface area (Å²) in [6, 6.07) is 0. The van der Waals surface area contributed by atoms with Crippen LogP contribution >= 0.6 is 23.5 Å². The molecule has 4 heteroatoms. The summed E-state index contributed by atoms with van der Waals surface area (Å²) in [5.74, 6) is 2.57. The van der Waals surface area contributed by atoms with Gasteiger partial charge in [0.2, 0.25) is 0 Å². The summed E-state index contributed by atoms with van der Waals surface area (Å²) in [5, 5.41) is 0.376. The minimum absolute atomic E-state index is 0.298. The maximum absolute atomic E-state index is 11.7. The Labute approximate surface area is 146 Å². The van der Waals surface area contributed by atoms with Gasteiger partial charge in [-0.2, -0.15) is 11.8 Å². The van der Waals surface area contributed by atoms with E-state index in [1.54, 1.807) is 6.92 Å². The van der Waals surface area contributed by atoms with Gasteiger partial charge in [0, 0.05) is 18.6 Å². The van der Waals surface area contributed by atoms with Crippen LogP contribution in [0.15, 0.2) is 0 Å². The monoisotopic (exact) mass is 346 g/mol. The quantitative estimate of drug-likeness (QED) is 0.327. The number of hydrogen-bond acceptors (Lipinski definition) is 4. The number of carbonyl (C=O) groups is 2. The van der Waals surface area contributed by atoms with Gasteiger partial charge in [-0.1, -0.05) is 50.3 Å². The second kappa shape index (κ2) is 17.4. The summed E-state index contributed by atoms with van der Waals surface area (Å²) in [6.07, 6.45) is 15.5. The minimum Gasteiger partial charge on any atom is -0.300 e. The lowest BCUT2D eigenvalue weighted by molar-refractivity contribution is -0.117. The van der Waals surface area contributed by atoms with Crippen molar-refractivity contribution in [2.75, 3.05) is 17.8 Å². The summed E-state index contributed by atoms with van der Waals surface area (Å²) >= 11 is 3.45. The molecule has 0 aromatic rings. The van der Waals surface area contributed by atoms with Gasteiger partial charge in [-0.25, -0.2) is 0 Å². The van der Waals surface area contributed by atoms with Crippen LogP contribution in [0.1, 0.15) is 84.0 Å². The van der Waals surface area contributed by atoms with Crippen LogP contribution in [0, 0.1) is 0 Å². The number of thioether (sulfide) groups is 2. The van der Waals surface area contributed by atoms with E-state index in [1.165, 1.54) is 56.0 Å². The first-order valence-electron chi connectivity index (χ1n) is 8.81. The molecule has 0 amide bonds. The van der Waals surface area contributed by atoms with Crippen LogP contribution in [0.4, 0.5) is 0 Å². The Hall–Kier alpha value is 0.0400. The van der Waals surface area contributed by atoms with Crippen molar-refractivity contribution in [3.8, 4) is 0 Å². The van der Waals surface area contributed by atoms with Crippen molar-refractivity contribution >= 4 is 34.4 Å². The number of ketones is 1. The fourth-order valence-corrected chi connectivity index (χ4v) is 3.67. The molecular weight excluding hydrogens is 312 g/mol. The predicted molar refractivity (Wildman–Crippen MR) is 102 cm³/mol. The first-order chi connectivity index (χ1) is 10.7. The maximum Gasteiger partial charge on any atom is 0.188 e. The van der Waals surface area contributed by atoms with E-state index in [2.05, 4.69) is 6.26 Å². The highest BCUT2D eigenvalue weighted by molar-refractivity contribution is 8.13. The van der Waals surface area contributed by atoms with Gasteiger partial charge in [-0.15, -0.1) is 0 Å². The van der Waals surface area contributed by atoms with Crippen molar-refractivity contribution in [1.82, 2.24) is 0 Å². The van der Waals surface area contributed by atoms with Crippen LogP contribution < -0.4 is 0 Å². The number of rotatable bonds is 16. The van der Waals surface area contributed by atoms with Crippen molar-refractivity contribution < 1.29 is 9.59 Å². The zero-order chi connectivity index (χ0) is 16.5. The van der Waals surface area contributed by atoms with Crippen LogP contribution in [0.2, 0.25) is 0 Å². The number of carbonyl (C=O) groups excluding carboxylic acids is 2. The molecule has 0 N–H and O–H groups in total. The van der Waals surface area contributed by atoms with E-state index in [1.807, 2.05) is 11.8 Å². The fourth-order valence-electron chi connectivity index (χ4n) is 2.31. The molecule has 0 aromatic carbocycles. The second-order valence-electron chi connectivity index (χ2n) is 5.95. The molecule has 0 unspecified atom stereocenters. The highest BCUT2D eigenvalue weighted by Crippen LogP contribution is 2.15. The van der Waals surface area contributed by atoms with Crippen LogP contribution in [0.5, 0.6) is 0 Å². The molecule has 0 aliphatic rings. The summed E-state index contributed by atoms with van der Waals surface area (Å²) in [7, 11) is 0. The molecule has 2 nitrogen and oxygen atoms in total. The smallest absolute Gasteiger partial charge is 0.188 e. The van der Waals surface area contributed by atoms with Crippen molar-refractivity contribution in [3.05, 3.63) is 0 Å². The van der Waals surface area contributed by atoms with Crippen molar-refractivity contribution in [2.45, 2.75) is 84.0 Å². The number of hydrogen-bond donors (Lipinski definition) is 0. The Morgan fingerprint density at radius 1 is 0.682 bits per heavy atom. The third kappa shape index (κ3) is 18.1. The summed E-state index contributed by atoms with van der Waals surface area (Å²) < 4.78 is 0. The molecule has 0 bridgehead atoms. The third-order valence-electron chi connectivity index (χ3n) is 3.67. The first-order valence-corrected chi connectivity index (χ1v) is 11.2. The van der Waals surface area contributed by atoms with E-state index in [9.17, 15) is 9.59 Å². The van der Waals surface area contributed by atoms with Gasteiger partial charge in [0.25, 0.3) is 0 Å². The van der Waals surface area contributed by atoms with Gasteiger partial charge < -0.3 is 4.79 Å². The fraction of sp³-hybridized carbons (Fsp3) is 0.889. The summed E-state index contributed by atoms with van der Waals surface area (Å²) in [5.41, 5.74) is 0. The molecule has 0 spiro atoms. The molecule has 0 saturated carbocycles. The minimum atomic E-state index is 0.298. The van der Waals surface area contributed by atoms with Gasteiger partial charge >= 0.3 is 0 Å². The molecule has 0 fully saturated rings. The van der Waals surface area contributed by atoms with E-state index in [-0.39, 0.29) is 0 Å². The highest BCUT2D eigenvalue weighted by atomic mass is 32.2. The molecule has 0 radical (unpaired) electrons. The van der Waals surface area contributed by atoms with Crippen molar-refractivity contribution in [2.24, 2.45) is 0 Å². The molecule has 0 saturated heterocycles. The van der Waals surface area contributed by atoms with Crippen LogP contribution in [-0.4, -0.2) is 28.7 Å². The van der Waals surface area contributed by atoms with Gasteiger partial charge in [0.1, 0.15) is 5.78 Å². The lowest BCUT2D eigenvalue weighted by Crippen LogP contribution is -1.94. The molecular formula is C18H34O2S2. The third-order valence-corrected chi connectivity index (χ3v) is 5.38. The lowest BCUT2D eigenvalue weighted by Gasteiger charge is -2.02. The van der Waals surface area contributed by atoms with Gasteiger partial charge in [-0.05, 0) is 44.6 Å². The zero-order valence-corrected chi connectivity index (χ0v) is 16.2. The lowest BCUT2D eigenvalue weighted by atomic mass is 10.1. The average molecular weight is 347 g/mol. The second-order valence-corrected chi connectivity index (χ2v) is 8.09. The molecule has 130 valence electrons. The van der Waals surface area contributed by atoms with E-state index in [4.69, 9.17) is 0 Å². The largest absolute Gasteiger partial charge is 0.300 e. The molecule has 0 heterocycles. The standard InChI is InChI=1S/C18H34O2S2/c1-17(19)13-9-5-3-4-6-10-14-18(20)22-16-12-8-7-11-15-21-2/h3-16H2,1-2H3. The Balaban J connectivity index is 3.17. The van der Waals surface area contributed by atoms with E-state index < -0.39 is 0 Å². The predicted octanol–water partition coefficient (Wildman–Crippen LogP) is 5.88. The maximum atomic E-state index is 11.7. The highest BCUT2D eigenvalue weighted by Gasteiger charge is 2.02. The number of unbranched alkanes of at least 4 members (excludes halogenated alkanes) is 8. The van der Waals surface area contributed by atoms with Gasteiger partial charge in [0.15, 0.2) is 5.12 Å². The van der Waals surface area contributed by atoms with E-state index >= 15 is 0 Å². The van der Waals surface area contributed by atoms with E-state index in [0.717, 1.165) is 44.3 Å². The topological polar surface area (TPSA) is 34.1 Å². The van der Waals surface area contributed by atoms with Crippen molar-refractivity contribution in [3.63, 3.8) is 0 Å². The Kier molecular flexibility index (Phi) is 17.4. The molecule has 0 atom stereocenters. The molecule has 0 aromatic heterocycles. The van der Waals surface area contributed by atoms with Crippen LogP contribution in [0.3, 0.4) is 0 Å². The van der Waals surface area contributed by atoms with Gasteiger partial charge in [-0.3, -0.25) is 4.79 Å². The van der Waals surface area contributed by atoms with Crippen molar-refractivity contribution in [1.29, 1.82) is 0 Å². The molecule has 0 aliphatic carbocycles. The summed E-state index contributed by atoms with van der Waals surface area (Å²) in [6.45, 7) is 1.66. The average Bonchev–Trinajstić information content (AvgIpc) is 2.48. The van der Waals surface area contributed by atoms with Crippen LogP contribution in [0.25, 0.3) is 0 Å². The molecule has 0 rings (SSSR count). The van der Waals surface area contributed by atoms with E-state index in [0.29, 0.717) is 10.9 Å². The van der Waals surface area contributed by atoms with Gasteiger partial charge in [0.05, 0.1) is 0 Å². The molecule has 22 heavy (non-hydrogen) atoms. The summed E-state index contributed by atoms with van der Waals surface area (Å²) in [4.78, 5) is 22.5. The Bertz CT molecular complexity index is 280. The number of Topliss-reactive ketones (excluding diaryl/α,β-unsaturated/α-hetero) is 1. The Morgan fingerprint density at radius 2 is 1.18 bits per heavy atom. The first kappa shape index (κ1) is 22.0. The SMILES string of the molecule is CSCCCCCCSC(=O)CCCCCCCCC(C)=O. The zero-order valence-electron chi connectivity index (χ0n) is 14.5.